The van der Waals surface area contributed by atoms with Crippen LogP contribution in [0.25, 0.3) is 21.9 Å². The number of rotatable bonds is 3. The van der Waals surface area contributed by atoms with Crippen molar-refractivity contribution < 1.29 is 9.15 Å². The van der Waals surface area contributed by atoms with Crippen LogP contribution in [-0.2, 0) is 0 Å². The molecule has 0 saturated carbocycles. The Morgan fingerprint density at radius 3 is 2.76 bits per heavy atom. The van der Waals surface area contributed by atoms with Crippen LogP contribution in [0.15, 0.2) is 52.2 Å². The van der Waals surface area contributed by atoms with Crippen molar-refractivity contribution in [3.63, 3.8) is 0 Å². The smallest absolute Gasteiger partial charge is 0.200 e. The molecule has 0 spiro atoms. The van der Waals surface area contributed by atoms with E-state index >= 15 is 0 Å². The molecular weight excluding hydrogens is 264 g/mol. The SMILES string of the molecule is C=CCOc1ccc2c(=O)c3cc(C)ccc3oc2c1C. The van der Waals surface area contributed by atoms with Gasteiger partial charge in [0.1, 0.15) is 23.5 Å². The summed E-state index contributed by atoms with van der Waals surface area (Å²) in [6.45, 7) is 7.90. The van der Waals surface area contributed by atoms with E-state index in [1.807, 2.05) is 32.0 Å². The second-order valence-electron chi connectivity index (χ2n) is 5.10. The summed E-state index contributed by atoms with van der Waals surface area (Å²) in [5.74, 6) is 0.706. The normalized spacial score (nSPS) is 11.0. The van der Waals surface area contributed by atoms with E-state index in [9.17, 15) is 4.79 Å². The summed E-state index contributed by atoms with van der Waals surface area (Å²) >= 11 is 0. The first-order valence-electron chi connectivity index (χ1n) is 6.82. The first-order chi connectivity index (χ1) is 10.1. The van der Waals surface area contributed by atoms with E-state index in [4.69, 9.17) is 9.15 Å². The third kappa shape index (κ3) is 2.21. The predicted molar refractivity (Wildman–Crippen MR) is 85.2 cm³/mol. The largest absolute Gasteiger partial charge is 0.489 e. The van der Waals surface area contributed by atoms with Crippen molar-refractivity contribution in [2.24, 2.45) is 0 Å². The summed E-state index contributed by atoms with van der Waals surface area (Å²) in [6, 6.07) is 9.19. The van der Waals surface area contributed by atoms with E-state index in [1.165, 1.54) is 0 Å². The predicted octanol–water partition coefficient (Wildman–Crippen LogP) is 4.13. The van der Waals surface area contributed by atoms with Crippen molar-refractivity contribution in [3.8, 4) is 5.75 Å². The molecule has 3 nitrogen and oxygen atoms in total. The van der Waals surface area contributed by atoms with E-state index in [-0.39, 0.29) is 5.43 Å². The molecule has 0 aliphatic rings. The molecule has 0 N–H and O–H groups in total. The highest BCUT2D eigenvalue weighted by Crippen LogP contribution is 2.28. The van der Waals surface area contributed by atoms with Gasteiger partial charge >= 0.3 is 0 Å². The van der Waals surface area contributed by atoms with Gasteiger partial charge in [-0.25, -0.2) is 0 Å². The maximum atomic E-state index is 12.6. The van der Waals surface area contributed by atoms with Crippen molar-refractivity contribution >= 4 is 21.9 Å². The Hall–Kier alpha value is -2.55. The molecule has 0 fully saturated rings. The Balaban J connectivity index is 2.34. The lowest BCUT2D eigenvalue weighted by atomic mass is 10.1. The molecule has 0 amide bonds. The van der Waals surface area contributed by atoms with Gasteiger partial charge in [-0.2, -0.15) is 0 Å². The Labute approximate surface area is 122 Å². The van der Waals surface area contributed by atoms with Crippen LogP contribution in [0.5, 0.6) is 5.75 Å². The van der Waals surface area contributed by atoms with Crippen LogP contribution >= 0.6 is 0 Å². The Kier molecular flexibility index (Phi) is 3.26. The minimum absolute atomic E-state index is 0.00618. The standard InChI is InChI=1S/C18H16O3/c1-4-9-20-15-8-6-13-17(19)14-10-11(2)5-7-16(14)21-18(13)12(15)3/h4-8,10H,1,9H2,2-3H3. The topological polar surface area (TPSA) is 39.4 Å². The highest BCUT2D eigenvalue weighted by molar-refractivity contribution is 5.92. The molecule has 3 rings (SSSR count). The van der Waals surface area contributed by atoms with Crippen LogP contribution in [0.4, 0.5) is 0 Å². The monoisotopic (exact) mass is 280 g/mol. The second-order valence-corrected chi connectivity index (χ2v) is 5.10. The zero-order valence-electron chi connectivity index (χ0n) is 12.1. The van der Waals surface area contributed by atoms with Crippen LogP contribution in [0.3, 0.4) is 0 Å². The fourth-order valence-corrected chi connectivity index (χ4v) is 2.45. The number of hydrogen-bond acceptors (Lipinski definition) is 3. The zero-order valence-corrected chi connectivity index (χ0v) is 12.1. The van der Waals surface area contributed by atoms with Gasteiger partial charge in [0.25, 0.3) is 0 Å². The summed E-state index contributed by atoms with van der Waals surface area (Å²) in [6.07, 6.45) is 1.68. The molecule has 2 aromatic carbocycles. The first kappa shape index (κ1) is 13.4. The number of fused-ring (bicyclic) bond motifs is 2. The maximum Gasteiger partial charge on any atom is 0.200 e. The van der Waals surface area contributed by atoms with Crippen molar-refractivity contribution in [1.82, 2.24) is 0 Å². The molecule has 0 atom stereocenters. The van der Waals surface area contributed by atoms with Crippen LogP contribution < -0.4 is 10.2 Å². The highest BCUT2D eigenvalue weighted by atomic mass is 16.5. The molecule has 3 aromatic rings. The second kappa shape index (κ2) is 5.09. The van der Waals surface area contributed by atoms with Crippen LogP contribution in [0.2, 0.25) is 0 Å². The van der Waals surface area contributed by atoms with E-state index in [1.54, 1.807) is 18.2 Å². The highest BCUT2D eigenvalue weighted by Gasteiger charge is 2.12. The number of hydrogen-bond donors (Lipinski definition) is 0. The van der Waals surface area contributed by atoms with Gasteiger partial charge in [-0.3, -0.25) is 4.79 Å². The van der Waals surface area contributed by atoms with Gasteiger partial charge in [-0.15, -0.1) is 0 Å². The third-order valence-electron chi connectivity index (χ3n) is 3.55. The number of ether oxygens (including phenoxy) is 1. The molecule has 0 bridgehead atoms. The molecule has 1 aromatic heterocycles. The van der Waals surface area contributed by atoms with Crippen LogP contribution in [0.1, 0.15) is 11.1 Å². The summed E-state index contributed by atoms with van der Waals surface area (Å²) in [5, 5.41) is 1.19. The third-order valence-corrected chi connectivity index (χ3v) is 3.55. The summed E-state index contributed by atoms with van der Waals surface area (Å²) in [7, 11) is 0. The van der Waals surface area contributed by atoms with E-state index in [0.29, 0.717) is 34.3 Å². The molecule has 1 heterocycles. The number of aryl methyl sites for hydroxylation is 2. The molecule has 0 radical (unpaired) electrons. The lowest BCUT2D eigenvalue weighted by Gasteiger charge is -2.10. The van der Waals surface area contributed by atoms with Gasteiger partial charge in [0, 0.05) is 5.56 Å². The minimum Gasteiger partial charge on any atom is -0.489 e. The lowest BCUT2D eigenvalue weighted by Crippen LogP contribution is -2.04. The molecule has 21 heavy (non-hydrogen) atoms. The molecule has 0 aliphatic heterocycles. The van der Waals surface area contributed by atoms with Crippen molar-refractivity contribution in [2.45, 2.75) is 13.8 Å². The fourth-order valence-electron chi connectivity index (χ4n) is 2.45. The number of benzene rings is 2. The van der Waals surface area contributed by atoms with Gasteiger partial charge in [0.05, 0.1) is 10.8 Å². The van der Waals surface area contributed by atoms with E-state index < -0.39 is 0 Å². The molecule has 0 saturated heterocycles. The maximum absolute atomic E-state index is 12.6. The minimum atomic E-state index is -0.00618. The van der Waals surface area contributed by atoms with E-state index in [2.05, 4.69) is 6.58 Å². The Bertz CT molecular complexity index is 904. The average Bonchev–Trinajstić information content (AvgIpc) is 2.48. The summed E-state index contributed by atoms with van der Waals surface area (Å²) in [5.41, 5.74) is 3.04. The first-order valence-corrected chi connectivity index (χ1v) is 6.82. The van der Waals surface area contributed by atoms with Crippen molar-refractivity contribution in [3.05, 3.63) is 64.3 Å². The van der Waals surface area contributed by atoms with Gasteiger partial charge < -0.3 is 9.15 Å². The summed E-state index contributed by atoms with van der Waals surface area (Å²) in [4.78, 5) is 12.6. The average molecular weight is 280 g/mol. The lowest BCUT2D eigenvalue weighted by molar-refractivity contribution is 0.360. The van der Waals surface area contributed by atoms with Gasteiger partial charge in [-0.1, -0.05) is 24.3 Å². The Morgan fingerprint density at radius 2 is 2.00 bits per heavy atom. The van der Waals surface area contributed by atoms with Gasteiger partial charge in [-0.05, 0) is 38.1 Å². The molecule has 3 heteroatoms. The molecule has 106 valence electrons. The van der Waals surface area contributed by atoms with Gasteiger partial charge in [0.15, 0.2) is 0 Å². The van der Waals surface area contributed by atoms with Crippen LogP contribution in [0, 0.1) is 13.8 Å². The quantitative estimate of drug-likeness (QED) is 0.535. The van der Waals surface area contributed by atoms with Gasteiger partial charge in [0.2, 0.25) is 5.43 Å². The van der Waals surface area contributed by atoms with Crippen molar-refractivity contribution in [2.75, 3.05) is 6.61 Å². The molecular formula is C18H16O3. The van der Waals surface area contributed by atoms with Crippen molar-refractivity contribution in [1.29, 1.82) is 0 Å². The molecule has 0 aliphatic carbocycles. The van der Waals surface area contributed by atoms with Crippen LogP contribution in [-0.4, -0.2) is 6.61 Å². The van der Waals surface area contributed by atoms with E-state index in [0.717, 1.165) is 11.1 Å². The summed E-state index contributed by atoms with van der Waals surface area (Å²) < 4.78 is 11.5. The fraction of sp³-hybridized carbons (Fsp3) is 0.167. The molecule has 0 unspecified atom stereocenters. The Morgan fingerprint density at radius 1 is 1.19 bits per heavy atom. The zero-order chi connectivity index (χ0) is 15.0.